The number of amides is 1. The number of hydrogen-bond acceptors (Lipinski definition) is 5. The molecule has 1 atom stereocenters. The van der Waals surface area contributed by atoms with Crippen LogP contribution >= 0.6 is 0 Å². The smallest absolute Gasteiger partial charge is 0.415 e. The second-order valence-corrected chi connectivity index (χ2v) is 6.62. The van der Waals surface area contributed by atoms with Gasteiger partial charge in [-0.15, -0.1) is 0 Å². The molecule has 2 aliphatic rings. The highest BCUT2D eigenvalue weighted by molar-refractivity contribution is 5.89. The van der Waals surface area contributed by atoms with Crippen LogP contribution in [-0.2, 0) is 11.2 Å². The first kappa shape index (κ1) is 16.0. The topological polar surface area (TPSA) is 67.3 Å². The van der Waals surface area contributed by atoms with Crippen molar-refractivity contribution in [2.45, 2.75) is 31.2 Å². The quantitative estimate of drug-likeness (QED) is 0.928. The fourth-order valence-electron chi connectivity index (χ4n) is 3.58. The molecule has 2 aliphatic heterocycles. The van der Waals surface area contributed by atoms with Gasteiger partial charge in [0.05, 0.1) is 17.9 Å². The lowest BCUT2D eigenvalue weighted by Gasteiger charge is -2.24. The zero-order valence-electron chi connectivity index (χ0n) is 14.1. The number of nitrogens with zero attached hydrogens (tertiary/aromatic N) is 3. The first-order valence-electron chi connectivity index (χ1n) is 8.84. The van der Waals surface area contributed by atoms with Crippen molar-refractivity contribution in [1.29, 1.82) is 0 Å². The molecule has 1 unspecified atom stereocenters. The van der Waals surface area contributed by atoms with Crippen molar-refractivity contribution in [2.75, 3.05) is 24.6 Å². The summed E-state index contributed by atoms with van der Waals surface area (Å²) in [5.74, 6) is 0.999. The van der Waals surface area contributed by atoms with Gasteiger partial charge in [-0.25, -0.2) is 9.78 Å². The Morgan fingerprint density at radius 2 is 1.96 bits per heavy atom. The van der Waals surface area contributed by atoms with Gasteiger partial charge in [0.1, 0.15) is 6.61 Å². The summed E-state index contributed by atoms with van der Waals surface area (Å²) in [6.45, 7) is 2.38. The number of anilines is 1. The summed E-state index contributed by atoms with van der Waals surface area (Å²) in [7, 11) is 0. The van der Waals surface area contributed by atoms with Crippen molar-refractivity contribution in [3.63, 3.8) is 0 Å². The highest BCUT2D eigenvalue weighted by Crippen LogP contribution is 2.27. The van der Waals surface area contributed by atoms with Crippen molar-refractivity contribution in [1.82, 2.24) is 15.3 Å². The third-order valence-electron chi connectivity index (χ3n) is 4.92. The second-order valence-electron chi connectivity index (χ2n) is 6.62. The summed E-state index contributed by atoms with van der Waals surface area (Å²) in [5, 5.41) is 3.36. The van der Waals surface area contributed by atoms with Crippen LogP contribution in [0.1, 0.15) is 30.0 Å². The molecule has 2 fully saturated rings. The number of aromatic nitrogens is 2. The molecule has 1 aromatic carbocycles. The van der Waals surface area contributed by atoms with E-state index in [1.54, 1.807) is 11.1 Å². The minimum Gasteiger partial charge on any atom is -0.447 e. The van der Waals surface area contributed by atoms with Gasteiger partial charge in [0, 0.05) is 12.1 Å². The van der Waals surface area contributed by atoms with E-state index in [4.69, 9.17) is 9.72 Å². The van der Waals surface area contributed by atoms with Crippen molar-refractivity contribution < 1.29 is 9.53 Å². The lowest BCUT2D eigenvalue weighted by Crippen LogP contribution is -2.36. The van der Waals surface area contributed by atoms with Crippen molar-refractivity contribution in [3.05, 3.63) is 54.0 Å². The summed E-state index contributed by atoms with van der Waals surface area (Å²) in [4.78, 5) is 23.0. The molecule has 0 spiro atoms. The number of hydrogen-bond donors (Lipinski definition) is 1. The van der Waals surface area contributed by atoms with Gasteiger partial charge >= 0.3 is 6.09 Å². The molecule has 1 amide bonds. The maximum atomic E-state index is 12.3. The van der Waals surface area contributed by atoms with Crippen LogP contribution in [0.5, 0.6) is 0 Å². The number of ether oxygens (including phenoxy) is 1. The number of benzene rings is 1. The summed E-state index contributed by atoms with van der Waals surface area (Å²) in [5.41, 5.74) is 2.15. The van der Waals surface area contributed by atoms with Gasteiger partial charge < -0.3 is 10.1 Å². The summed E-state index contributed by atoms with van der Waals surface area (Å²) < 4.78 is 5.30. The number of carbonyl (C=O) groups is 1. The summed E-state index contributed by atoms with van der Waals surface area (Å²) in [6, 6.07) is 10.1. The summed E-state index contributed by atoms with van der Waals surface area (Å²) >= 11 is 0. The molecule has 4 rings (SSSR count). The molecule has 0 radical (unpaired) electrons. The van der Waals surface area contributed by atoms with Crippen LogP contribution in [0.15, 0.2) is 42.7 Å². The monoisotopic (exact) mass is 338 g/mol. The molecule has 6 nitrogen and oxygen atoms in total. The average Bonchev–Trinajstić information content (AvgIpc) is 3.03. The van der Waals surface area contributed by atoms with E-state index in [-0.39, 0.29) is 12.1 Å². The lowest BCUT2D eigenvalue weighted by molar-refractivity contribution is 0.178. The van der Waals surface area contributed by atoms with E-state index in [1.807, 2.05) is 24.4 Å². The predicted octanol–water partition coefficient (Wildman–Crippen LogP) is 2.51. The van der Waals surface area contributed by atoms with Crippen molar-refractivity contribution >= 4 is 11.9 Å². The van der Waals surface area contributed by atoms with Crippen molar-refractivity contribution in [3.8, 4) is 0 Å². The minimum absolute atomic E-state index is 0.0486. The molecule has 130 valence electrons. The highest BCUT2D eigenvalue weighted by atomic mass is 16.6. The van der Waals surface area contributed by atoms with Crippen LogP contribution < -0.4 is 10.2 Å². The van der Waals surface area contributed by atoms with E-state index >= 15 is 0 Å². The Morgan fingerprint density at radius 1 is 1.16 bits per heavy atom. The molecule has 1 aromatic heterocycles. The zero-order valence-corrected chi connectivity index (χ0v) is 14.1. The Bertz CT molecular complexity index is 731. The number of rotatable bonds is 4. The number of nitrogens with one attached hydrogen (secondary N) is 1. The lowest BCUT2D eigenvalue weighted by atomic mass is 9.95. The van der Waals surface area contributed by atoms with Gasteiger partial charge in [0.15, 0.2) is 5.82 Å². The Kier molecular flexibility index (Phi) is 4.61. The molecular formula is C19H22N4O2. The molecule has 0 saturated carbocycles. The first-order valence-corrected chi connectivity index (χ1v) is 8.84. The van der Waals surface area contributed by atoms with Gasteiger partial charge in [-0.05, 0) is 37.9 Å². The third kappa shape index (κ3) is 3.49. The van der Waals surface area contributed by atoms with Gasteiger partial charge in [-0.3, -0.25) is 9.88 Å². The average molecular weight is 338 g/mol. The van der Waals surface area contributed by atoms with E-state index in [0.29, 0.717) is 18.3 Å². The fourth-order valence-corrected chi connectivity index (χ4v) is 3.58. The molecule has 3 heterocycles. The molecule has 1 N–H and O–H groups in total. The standard InChI is InChI=1S/C19H22N4O2/c24-19-23(16(13-25-19)10-14-4-2-1-3-5-14)18-12-21-11-17(22-18)15-6-8-20-9-7-15/h1-5,11-12,15-16,20H,6-10,13H2. The van der Waals surface area contributed by atoms with Crippen LogP contribution in [0, 0.1) is 0 Å². The Labute approximate surface area is 147 Å². The van der Waals surface area contributed by atoms with Crippen molar-refractivity contribution in [2.24, 2.45) is 0 Å². The second kappa shape index (κ2) is 7.19. The SMILES string of the molecule is O=C1OCC(Cc2ccccc2)N1c1cncc(C2CCNCC2)n1. The Hall–Kier alpha value is -2.47. The number of piperidine rings is 1. The molecular weight excluding hydrogens is 316 g/mol. The largest absolute Gasteiger partial charge is 0.447 e. The van der Waals surface area contributed by atoms with Gasteiger partial charge in [0.25, 0.3) is 0 Å². The Balaban J connectivity index is 1.57. The molecule has 2 saturated heterocycles. The van der Waals surface area contributed by atoms with Gasteiger partial charge in [-0.2, -0.15) is 0 Å². The maximum Gasteiger partial charge on any atom is 0.415 e. The Morgan fingerprint density at radius 3 is 2.76 bits per heavy atom. The van der Waals surface area contributed by atoms with E-state index in [9.17, 15) is 4.79 Å². The first-order chi connectivity index (χ1) is 12.3. The number of carbonyl (C=O) groups excluding carboxylic acids is 1. The van der Waals surface area contributed by atoms with E-state index in [2.05, 4.69) is 22.4 Å². The van der Waals surface area contributed by atoms with Crippen LogP contribution in [0.2, 0.25) is 0 Å². The third-order valence-corrected chi connectivity index (χ3v) is 4.92. The zero-order chi connectivity index (χ0) is 17.1. The van der Waals surface area contributed by atoms with Crippen LogP contribution in [0.3, 0.4) is 0 Å². The van der Waals surface area contributed by atoms with Crippen LogP contribution in [-0.4, -0.2) is 41.8 Å². The predicted molar refractivity (Wildman–Crippen MR) is 94.6 cm³/mol. The molecule has 25 heavy (non-hydrogen) atoms. The van der Waals surface area contributed by atoms with Crippen LogP contribution in [0.4, 0.5) is 10.6 Å². The van der Waals surface area contributed by atoms with E-state index in [0.717, 1.165) is 38.0 Å². The number of cyclic esters (lactones) is 1. The molecule has 0 aliphatic carbocycles. The van der Waals surface area contributed by atoms with Crippen LogP contribution in [0.25, 0.3) is 0 Å². The van der Waals surface area contributed by atoms with Gasteiger partial charge in [-0.1, -0.05) is 30.3 Å². The fraction of sp³-hybridized carbons (Fsp3) is 0.421. The molecule has 2 aromatic rings. The normalized spacial score (nSPS) is 21.4. The maximum absolute atomic E-state index is 12.3. The molecule has 0 bridgehead atoms. The molecule has 6 heteroatoms. The summed E-state index contributed by atoms with van der Waals surface area (Å²) in [6.07, 6.45) is 6.00. The van der Waals surface area contributed by atoms with E-state index in [1.165, 1.54) is 5.56 Å². The van der Waals surface area contributed by atoms with E-state index < -0.39 is 0 Å². The van der Waals surface area contributed by atoms with Gasteiger partial charge in [0.2, 0.25) is 0 Å². The minimum atomic E-state index is -0.335. The highest BCUT2D eigenvalue weighted by Gasteiger charge is 2.35.